The van der Waals surface area contributed by atoms with Gasteiger partial charge in [-0.2, -0.15) is 0 Å². The Bertz CT molecular complexity index is 304. The second-order valence-electron chi connectivity index (χ2n) is 8.13. The first-order chi connectivity index (χ1) is 11.5. The molecule has 3 aliphatic rings. The van der Waals surface area contributed by atoms with Crippen LogP contribution in [0.4, 0.5) is 0 Å². The molecule has 0 aliphatic carbocycles. The fourth-order valence-corrected chi connectivity index (χ4v) is 4.40. The summed E-state index contributed by atoms with van der Waals surface area (Å²) in [6, 6.07) is 3.15. The summed E-state index contributed by atoms with van der Waals surface area (Å²) in [4.78, 5) is 10.8. The molecule has 0 atom stereocenters. The standard InChI is InChI=1S/C18H36N4.C2H6/c1-15(2)19-7-5-17(6-8-19)22-13-18(14-22)21-11-9-20(10-12-21)16(3)4;1-2/h15-18H,5-14H2,1-4H3;1-2H3. The summed E-state index contributed by atoms with van der Waals surface area (Å²) in [6.45, 7) is 23.7. The lowest BCUT2D eigenvalue weighted by atomic mass is 9.95. The number of hydrogen-bond acceptors (Lipinski definition) is 4. The van der Waals surface area contributed by atoms with Gasteiger partial charge in [0.25, 0.3) is 0 Å². The molecule has 3 aliphatic heterocycles. The third kappa shape index (κ3) is 4.94. The molecule has 4 heteroatoms. The molecule has 3 heterocycles. The molecule has 3 fully saturated rings. The highest BCUT2D eigenvalue weighted by molar-refractivity contribution is 4.95. The Morgan fingerprint density at radius 2 is 1.04 bits per heavy atom. The molecule has 0 bridgehead atoms. The Morgan fingerprint density at radius 3 is 1.50 bits per heavy atom. The van der Waals surface area contributed by atoms with Crippen LogP contribution in [0.5, 0.6) is 0 Å². The van der Waals surface area contributed by atoms with E-state index in [9.17, 15) is 0 Å². The molecule has 24 heavy (non-hydrogen) atoms. The molecular formula is C20H42N4. The van der Waals surface area contributed by atoms with E-state index in [-0.39, 0.29) is 0 Å². The van der Waals surface area contributed by atoms with E-state index in [1.807, 2.05) is 13.8 Å². The van der Waals surface area contributed by atoms with E-state index in [0.29, 0.717) is 6.04 Å². The SMILES string of the molecule is CC.CC(C)N1CCC(N2CC(N3CCN(C(C)C)CC3)C2)CC1. The fraction of sp³-hybridized carbons (Fsp3) is 1.00. The molecule has 4 nitrogen and oxygen atoms in total. The van der Waals surface area contributed by atoms with Crippen molar-refractivity contribution in [2.24, 2.45) is 0 Å². The predicted molar refractivity (Wildman–Crippen MR) is 105 cm³/mol. The number of rotatable bonds is 4. The first kappa shape index (κ1) is 20.2. The van der Waals surface area contributed by atoms with Crippen LogP contribution in [0.25, 0.3) is 0 Å². The van der Waals surface area contributed by atoms with Gasteiger partial charge in [-0.05, 0) is 53.6 Å². The van der Waals surface area contributed by atoms with Crippen molar-refractivity contribution >= 4 is 0 Å². The zero-order valence-corrected chi connectivity index (χ0v) is 17.2. The van der Waals surface area contributed by atoms with Gasteiger partial charge in [-0.3, -0.25) is 14.7 Å². The first-order valence-corrected chi connectivity index (χ1v) is 10.5. The van der Waals surface area contributed by atoms with Crippen LogP contribution in [0.2, 0.25) is 0 Å². The topological polar surface area (TPSA) is 13.0 Å². The summed E-state index contributed by atoms with van der Waals surface area (Å²) in [7, 11) is 0. The van der Waals surface area contributed by atoms with E-state index in [4.69, 9.17) is 0 Å². The van der Waals surface area contributed by atoms with Crippen LogP contribution >= 0.6 is 0 Å². The van der Waals surface area contributed by atoms with Gasteiger partial charge < -0.3 is 4.90 Å². The van der Waals surface area contributed by atoms with Crippen molar-refractivity contribution in [3.63, 3.8) is 0 Å². The number of hydrogen-bond donors (Lipinski definition) is 0. The minimum Gasteiger partial charge on any atom is -0.301 e. The van der Waals surface area contributed by atoms with Crippen molar-refractivity contribution < 1.29 is 0 Å². The maximum Gasteiger partial charge on any atom is 0.0351 e. The van der Waals surface area contributed by atoms with Gasteiger partial charge in [-0.1, -0.05) is 13.8 Å². The summed E-state index contributed by atoms with van der Waals surface area (Å²) in [6.07, 6.45) is 2.76. The molecule has 0 aromatic rings. The first-order valence-electron chi connectivity index (χ1n) is 10.5. The average molecular weight is 339 g/mol. The minimum atomic E-state index is 0.714. The van der Waals surface area contributed by atoms with Crippen LogP contribution in [0.15, 0.2) is 0 Å². The lowest BCUT2D eigenvalue weighted by Crippen LogP contribution is -2.66. The molecule has 0 N–H and O–H groups in total. The maximum atomic E-state index is 2.76. The van der Waals surface area contributed by atoms with E-state index in [2.05, 4.69) is 47.3 Å². The number of piperidine rings is 1. The second kappa shape index (κ2) is 9.51. The van der Waals surface area contributed by atoms with Crippen molar-refractivity contribution in [2.75, 3.05) is 52.4 Å². The Labute approximate surface area is 151 Å². The molecule has 0 amide bonds. The molecule has 3 rings (SSSR count). The van der Waals surface area contributed by atoms with E-state index in [1.165, 1.54) is 65.2 Å². The lowest BCUT2D eigenvalue weighted by Gasteiger charge is -2.52. The van der Waals surface area contributed by atoms with Crippen molar-refractivity contribution in [2.45, 2.75) is 78.6 Å². The predicted octanol–water partition coefficient (Wildman–Crippen LogP) is 2.60. The Morgan fingerprint density at radius 1 is 0.583 bits per heavy atom. The van der Waals surface area contributed by atoms with E-state index in [0.717, 1.165) is 18.1 Å². The van der Waals surface area contributed by atoms with Gasteiger partial charge in [-0.25, -0.2) is 0 Å². The molecule has 0 spiro atoms. The minimum absolute atomic E-state index is 0.714. The quantitative estimate of drug-likeness (QED) is 0.781. The molecule has 0 aromatic heterocycles. The van der Waals surface area contributed by atoms with Crippen LogP contribution in [-0.2, 0) is 0 Å². The largest absolute Gasteiger partial charge is 0.301 e. The average Bonchev–Trinajstić information content (AvgIpc) is 2.56. The van der Waals surface area contributed by atoms with E-state index in [1.54, 1.807) is 0 Å². The summed E-state index contributed by atoms with van der Waals surface area (Å²) in [5.41, 5.74) is 0. The smallest absolute Gasteiger partial charge is 0.0351 e. The number of likely N-dealkylation sites (tertiary alicyclic amines) is 2. The normalized spacial score (nSPS) is 26.5. The molecule has 3 saturated heterocycles. The van der Waals surface area contributed by atoms with Crippen LogP contribution < -0.4 is 0 Å². The lowest BCUT2D eigenvalue weighted by molar-refractivity contribution is -0.0350. The number of piperazine rings is 1. The maximum absolute atomic E-state index is 2.76. The van der Waals surface area contributed by atoms with Gasteiger partial charge in [0.15, 0.2) is 0 Å². The molecular weight excluding hydrogens is 296 g/mol. The summed E-state index contributed by atoms with van der Waals surface area (Å²) in [5, 5.41) is 0. The van der Waals surface area contributed by atoms with Crippen LogP contribution in [0, 0.1) is 0 Å². The molecule has 142 valence electrons. The van der Waals surface area contributed by atoms with Crippen molar-refractivity contribution in [3.8, 4) is 0 Å². The Kier molecular flexibility index (Phi) is 7.99. The highest BCUT2D eigenvalue weighted by atomic mass is 15.4. The van der Waals surface area contributed by atoms with E-state index < -0.39 is 0 Å². The van der Waals surface area contributed by atoms with Gasteiger partial charge in [0.2, 0.25) is 0 Å². The third-order valence-corrected chi connectivity index (χ3v) is 6.23. The van der Waals surface area contributed by atoms with Crippen molar-refractivity contribution in [1.29, 1.82) is 0 Å². The van der Waals surface area contributed by atoms with Gasteiger partial charge in [0.05, 0.1) is 0 Å². The zero-order chi connectivity index (χ0) is 17.7. The summed E-state index contributed by atoms with van der Waals surface area (Å²) < 4.78 is 0. The van der Waals surface area contributed by atoms with Crippen molar-refractivity contribution in [1.82, 2.24) is 19.6 Å². The fourth-order valence-electron chi connectivity index (χ4n) is 4.40. The number of nitrogens with zero attached hydrogens (tertiary/aromatic N) is 4. The van der Waals surface area contributed by atoms with Gasteiger partial charge in [-0.15, -0.1) is 0 Å². The second-order valence-corrected chi connectivity index (χ2v) is 8.13. The summed E-state index contributed by atoms with van der Waals surface area (Å²) >= 11 is 0. The Balaban J connectivity index is 0.00000100. The van der Waals surface area contributed by atoms with Crippen LogP contribution in [0.3, 0.4) is 0 Å². The molecule has 0 unspecified atom stereocenters. The zero-order valence-electron chi connectivity index (χ0n) is 17.2. The monoisotopic (exact) mass is 338 g/mol. The van der Waals surface area contributed by atoms with Gasteiger partial charge in [0, 0.05) is 63.4 Å². The highest BCUT2D eigenvalue weighted by Crippen LogP contribution is 2.25. The van der Waals surface area contributed by atoms with Crippen molar-refractivity contribution in [3.05, 3.63) is 0 Å². The highest BCUT2D eigenvalue weighted by Gasteiger charge is 2.38. The van der Waals surface area contributed by atoms with E-state index >= 15 is 0 Å². The summed E-state index contributed by atoms with van der Waals surface area (Å²) in [5.74, 6) is 0. The third-order valence-electron chi connectivity index (χ3n) is 6.23. The molecule has 0 radical (unpaired) electrons. The van der Waals surface area contributed by atoms with Gasteiger partial charge >= 0.3 is 0 Å². The molecule has 0 aromatic carbocycles. The van der Waals surface area contributed by atoms with Crippen LogP contribution in [0.1, 0.15) is 54.4 Å². The molecule has 0 saturated carbocycles. The van der Waals surface area contributed by atoms with Crippen LogP contribution in [-0.4, -0.2) is 96.1 Å². The Hall–Kier alpha value is -0.160. The van der Waals surface area contributed by atoms with Gasteiger partial charge in [0.1, 0.15) is 0 Å².